The number of thioether (sulfide) groups is 1. The Kier molecular flexibility index (Phi) is 7.22. The van der Waals surface area contributed by atoms with Gasteiger partial charge >= 0.3 is 0 Å². The van der Waals surface area contributed by atoms with Gasteiger partial charge in [0.15, 0.2) is 0 Å². The zero-order chi connectivity index (χ0) is 17.5. The highest BCUT2D eigenvalue weighted by Crippen LogP contribution is 2.30. The Bertz CT molecular complexity index is 572. The number of hydrogen-bond acceptors (Lipinski definition) is 4. The highest BCUT2D eigenvalue weighted by Gasteiger charge is 2.39. The number of carbonyl (C=O) groups excluding carboxylic acids is 1. The molecule has 6 heteroatoms. The highest BCUT2D eigenvalue weighted by atomic mass is 79.9. The number of amides is 1. The molecule has 0 aromatic heterocycles. The summed E-state index contributed by atoms with van der Waals surface area (Å²) in [6.45, 7) is 4.60. The fourth-order valence-electron chi connectivity index (χ4n) is 3.69. The van der Waals surface area contributed by atoms with Crippen LogP contribution in [0, 0.1) is 0 Å². The van der Waals surface area contributed by atoms with Gasteiger partial charge in [0.1, 0.15) is 0 Å². The van der Waals surface area contributed by atoms with Crippen molar-refractivity contribution in [3.8, 4) is 0 Å². The molecule has 1 aromatic carbocycles. The van der Waals surface area contributed by atoms with Crippen LogP contribution >= 0.6 is 27.7 Å². The molecule has 0 radical (unpaired) electrons. The second kappa shape index (κ2) is 9.40. The molecule has 0 bridgehead atoms. The van der Waals surface area contributed by atoms with Crippen molar-refractivity contribution in [1.82, 2.24) is 10.2 Å². The molecule has 1 aromatic rings. The third-order valence-corrected chi connectivity index (χ3v) is 7.02. The molecule has 2 heterocycles. The van der Waals surface area contributed by atoms with Crippen LogP contribution in [0.5, 0.6) is 0 Å². The lowest BCUT2D eigenvalue weighted by Gasteiger charge is -2.48. The Hall–Kier alpha value is -0.560. The molecule has 25 heavy (non-hydrogen) atoms. The van der Waals surface area contributed by atoms with Gasteiger partial charge in [-0.15, -0.1) is 0 Å². The standard InChI is InChI=1S/C19H27BrN2O2S/c20-17-4-2-1-3-16(17)5-6-18(23)21-15-19(7-11-24-12-8-19)22-9-13-25-14-10-22/h1-4H,5-15H2,(H,21,23). The number of nitrogens with one attached hydrogen (secondary N) is 1. The first-order valence-corrected chi connectivity index (χ1v) is 11.1. The van der Waals surface area contributed by atoms with E-state index < -0.39 is 0 Å². The second-order valence-electron chi connectivity index (χ2n) is 6.80. The maximum absolute atomic E-state index is 12.4. The third kappa shape index (κ3) is 5.22. The predicted molar refractivity (Wildman–Crippen MR) is 107 cm³/mol. The van der Waals surface area contributed by atoms with Crippen molar-refractivity contribution in [2.24, 2.45) is 0 Å². The van der Waals surface area contributed by atoms with Crippen molar-refractivity contribution in [3.63, 3.8) is 0 Å². The summed E-state index contributed by atoms with van der Waals surface area (Å²) in [7, 11) is 0. The fourth-order valence-corrected chi connectivity index (χ4v) is 5.08. The van der Waals surface area contributed by atoms with E-state index in [-0.39, 0.29) is 11.4 Å². The number of hydrogen-bond donors (Lipinski definition) is 1. The van der Waals surface area contributed by atoms with Crippen LogP contribution in [0.15, 0.2) is 28.7 Å². The summed E-state index contributed by atoms with van der Waals surface area (Å²) in [6, 6.07) is 8.12. The van der Waals surface area contributed by atoms with Crippen LogP contribution in [-0.4, -0.2) is 60.7 Å². The molecule has 0 unspecified atom stereocenters. The van der Waals surface area contributed by atoms with Crippen molar-refractivity contribution >= 4 is 33.6 Å². The van der Waals surface area contributed by atoms with Gasteiger partial charge in [-0.05, 0) is 30.9 Å². The SMILES string of the molecule is O=C(CCc1ccccc1Br)NCC1(N2CCSCC2)CCOCC1. The van der Waals surface area contributed by atoms with Gasteiger partial charge in [0.2, 0.25) is 5.91 Å². The molecule has 1 amide bonds. The summed E-state index contributed by atoms with van der Waals surface area (Å²) in [5.41, 5.74) is 1.27. The van der Waals surface area contributed by atoms with E-state index in [1.165, 1.54) is 17.1 Å². The normalized spacial score (nSPS) is 21.0. The molecule has 2 fully saturated rings. The number of aryl methyl sites for hydroxylation is 1. The Morgan fingerprint density at radius 3 is 2.68 bits per heavy atom. The van der Waals surface area contributed by atoms with E-state index in [2.05, 4.69) is 32.2 Å². The average molecular weight is 427 g/mol. The van der Waals surface area contributed by atoms with Crippen molar-refractivity contribution in [2.45, 2.75) is 31.2 Å². The number of nitrogens with zero attached hydrogens (tertiary/aromatic N) is 1. The largest absolute Gasteiger partial charge is 0.381 e. The first kappa shape index (κ1) is 19.2. The van der Waals surface area contributed by atoms with Gasteiger partial charge in [-0.25, -0.2) is 0 Å². The Balaban J connectivity index is 1.53. The summed E-state index contributed by atoms with van der Waals surface area (Å²) in [5, 5.41) is 3.22. The summed E-state index contributed by atoms with van der Waals surface area (Å²) < 4.78 is 6.67. The van der Waals surface area contributed by atoms with Crippen molar-refractivity contribution < 1.29 is 9.53 Å². The number of halogens is 1. The lowest BCUT2D eigenvalue weighted by atomic mass is 9.87. The molecule has 2 aliphatic rings. The number of carbonyl (C=O) groups is 1. The molecule has 0 atom stereocenters. The summed E-state index contributed by atoms with van der Waals surface area (Å²) in [6.07, 6.45) is 3.33. The molecule has 138 valence electrons. The van der Waals surface area contributed by atoms with E-state index in [0.29, 0.717) is 6.42 Å². The average Bonchev–Trinajstić information content (AvgIpc) is 2.67. The smallest absolute Gasteiger partial charge is 0.220 e. The first-order chi connectivity index (χ1) is 12.2. The molecule has 3 rings (SSSR count). The van der Waals surface area contributed by atoms with Gasteiger partial charge in [-0.3, -0.25) is 9.69 Å². The molecule has 0 saturated carbocycles. The van der Waals surface area contributed by atoms with Crippen molar-refractivity contribution in [3.05, 3.63) is 34.3 Å². The van der Waals surface area contributed by atoms with Crippen molar-refractivity contribution in [1.29, 1.82) is 0 Å². The zero-order valence-corrected chi connectivity index (χ0v) is 17.0. The summed E-state index contributed by atoms with van der Waals surface area (Å²) >= 11 is 5.58. The van der Waals surface area contributed by atoms with Gasteiger partial charge in [0.05, 0.1) is 0 Å². The molecule has 2 aliphatic heterocycles. The van der Waals surface area contributed by atoms with E-state index in [4.69, 9.17) is 4.74 Å². The monoisotopic (exact) mass is 426 g/mol. The lowest BCUT2D eigenvalue weighted by Crippen LogP contribution is -2.60. The molecule has 1 N–H and O–H groups in total. The van der Waals surface area contributed by atoms with Crippen LogP contribution in [-0.2, 0) is 16.0 Å². The van der Waals surface area contributed by atoms with E-state index in [1.54, 1.807) is 0 Å². The minimum Gasteiger partial charge on any atom is -0.381 e. The molecule has 0 aliphatic carbocycles. The molecule has 2 saturated heterocycles. The maximum Gasteiger partial charge on any atom is 0.220 e. The zero-order valence-electron chi connectivity index (χ0n) is 14.6. The molecule has 0 spiro atoms. The van der Waals surface area contributed by atoms with Gasteiger partial charge < -0.3 is 10.1 Å². The van der Waals surface area contributed by atoms with E-state index in [1.807, 2.05) is 30.0 Å². The first-order valence-electron chi connectivity index (χ1n) is 9.10. The molecular weight excluding hydrogens is 400 g/mol. The van der Waals surface area contributed by atoms with Crippen LogP contribution < -0.4 is 5.32 Å². The fraction of sp³-hybridized carbons (Fsp3) is 0.632. The highest BCUT2D eigenvalue weighted by molar-refractivity contribution is 9.10. The van der Waals surface area contributed by atoms with Gasteiger partial charge in [0, 0.05) is 60.8 Å². The number of rotatable bonds is 6. The van der Waals surface area contributed by atoms with Crippen LogP contribution in [0.2, 0.25) is 0 Å². The van der Waals surface area contributed by atoms with E-state index in [9.17, 15) is 4.79 Å². The summed E-state index contributed by atoms with van der Waals surface area (Å²) in [5.74, 6) is 2.53. The minimum atomic E-state index is 0.0855. The Morgan fingerprint density at radius 1 is 1.24 bits per heavy atom. The Morgan fingerprint density at radius 2 is 1.96 bits per heavy atom. The van der Waals surface area contributed by atoms with Crippen molar-refractivity contribution in [2.75, 3.05) is 44.4 Å². The minimum absolute atomic E-state index is 0.0855. The maximum atomic E-state index is 12.4. The van der Waals surface area contributed by atoms with Crippen LogP contribution in [0.25, 0.3) is 0 Å². The van der Waals surface area contributed by atoms with E-state index >= 15 is 0 Å². The van der Waals surface area contributed by atoms with Gasteiger partial charge in [-0.1, -0.05) is 34.1 Å². The van der Waals surface area contributed by atoms with Crippen LogP contribution in [0.3, 0.4) is 0 Å². The number of benzene rings is 1. The predicted octanol–water partition coefficient (Wildman–Crippen LogP) is 3.10. The Labute approximate surface area is 163 Å². The topological polar surface area (TPSA) is 41.6 Å². The van der Waals surface area contributed by atoms with Gasteiger partial charge in [0.25, 0.3) is 0 Å². The number of ether oxygens (including phenoxy) is 1. The third-order valence-electron chi connectivity index (χ3n) is 5.30. The van der Waals surface area contributed by atoms with E-state index in [0.717, 1.165) is 56.6 Å². The van der Waals surface area contributed by atoms with Crippen LogP contribution in [0.4, 0.5) is 0 Å². The lowest BCUT2D eigenvalue weighted by molar-refractivity contribution is -0.122. The summed E-state index contributed by atoms with van der Waals surface area (Å²) in [4.78, 5) is 15.0. The van der Waals surface area contributed by atoms with Crippen LogP contribution in [0.1, 0.15) is 24.8 Å². The molecule has 4 nitrogen and oxygen atoms in total. The van der Waals surface area contributed by atoms with Gasteiger partial charge in [-0.2, -0.15) is 11.8 Å². The quantitative estimate of drug-likeness (QED) is 0.758. The second-order valence-corrected chi connectivity index (χ2v) is 8.88. The molecular formula is C19H27BrN2O2S.